The molecule has 0 aromatic heterocycles. The molecule has 0 saturated heterocycles. The molecule has 0 atom stereocenters. The Kier molecular flexibility index (Phi) is 7.22. The Labute approximate surface area is 287 Å². The summed E-state index contributed by atoms with van der Waals surface area (Å²) in [5, 5.41) is 7.60. The minimum absolute atomic E-state index is 1.11. The number of nitrogens with zero attached hydrogens (tertiary/aromatic N) is 1. The Morgan fingerprint density at radius 2 is 0.796 bits per heavy atom. The van der Waals surface area contributed by atoms with Gasteiger partial charge in [0.05, 0.1) is 5.69 Å². The summed E-state index contributed by atoms with van der Waals surface area (Å²) in [6.07, 6.45) is 0. The second kappa shape index (κ2) is 12.3. The number of para-hydroxylation sites is 1. The average Bonchev–Trinajstić information content (AvgIpc) is 3.18. The van der Waals surface area contributed by atoms with E-state index in [-0.39, 0.29) is 0 Å². The first-order valence-electron chi connectivity index (χ1n) is 16.9. The maximum Gasteiger partial charge on any atom is 0.0540 e. The molecular formula is C48H33N. The molecule has 9 aromatic rings. The summed E-state index contributed by atoms with van der Waals surface area (Å²) in [7, 11) is 0. The fraction of sp³-hybridized carbons (Fsp3) is 0. The number of fused-ring (bicyclic) bond motifs is 4. The molecular weight excluding hydrogens is 591 g/mol. The van der Waals surface area contributed by atoms with Crippen LogP contribution in [0, 0.1) is 0 Å². The molecule has 0 amide bonds. The van der Waals surface area contributed by atoms with Crippen LogP contribution in [0.15, 0.2) is 200 Å². The molecule has 49 heavy (non-hydrogen) atoms. The molecule has 9 rings (SSSR count). The van der Waals surface area contributed by atoms with Crippen LogP contribution >= 0.6 is 0 Å². The van der Waals surface area contributed by atoms with E-state index in [1.807, 2.05) is 0 Å². The lowest BCUT2D eigenvalue weighted by Gasteiger charge is -2.28. The Morgan fingerprint density at radius 1 is 0.265 bits per heavy atom. The van der Waals surface area contributed by atoms with Gasteiger partial charge in [-0.2, -0.15) is 0 Å². The predicted molar refractivity (Wildman–Crippen MR) is 210 cm³/mol. The summed E-state index contributed by atoms with van der Waals surface area (Å²) < 4.78 is 0. The van der Waals surface area contributed by atoms with Crippen molar-refractivity contribution in [1.29, 1.82) is 0 Å². The molecule has 0 aliphatic heterocycles. The first-order chi connectivity index (χ1) is 24.3. The van der Waals surface area contributed by atoms with E-state index >= 15 is 0 Å². The fourth-order valence-electron chi connectivity index (χ4n) is 7.31. The monoisotopic (exact) mass is 623 g/mol. The highest BCUT2D eigenvalue weighted by Crippen LogP contribution is 2.44. The second-order valence-electron chi connectivity index (χ2n) is 12.5. The Balaban J connectivity index is 1.22. The standard InChI is InChI=1S/C48H33N/c1-3-13-35(14-4-1)47-33-38(44-23-12-24-45-43-21-10-8-16-36(43)27-31-46(44)45)28-32-48(47)49(39-18-5-2-6-19-39)40-29-25-37(26-30-40)42-22-11-17-34-15-7-9-20-41(34)42/h1-33H. The van der Waals surface area contributed by atoms with E-state index in [9.17, 15) is 0 Å². The van der Waals surface area contributed by atoms with Crippen molar-refractivity contribution in [1.82, 2.24) is 0 Å². The van der Waals surface area contributed by atoms with Crippen LogP contribution in [0.4, 0.5) is 17.1 Å². The van der Waals surface area contributed by atoms with Crippen molar-refractivity contribution in [3.63, 3.8) is 0 Å². The summed E-state index contributed by atoms with van der Waals surface area (Å²) in [5.74, 6) is 0. The van der Waals surface area contributed by atoms with Gasteiger partial charge in [0.25, 0.3) is 0 Å². The Hall–Kier alpha value is -6.44. The van der Waals surface area contributed by atoms with Gasteiger partial charge in [-0.1, -0.05) is 164 Å². The summed E-state index contributed by atoms with van der Waals surface area (Å²) in [6.45, 7) is 0. The molecule has 0 unspecified atom stereocenters. The van der Waals surface area contributed by atoms with Crippen LogP contribution in [-0.4, -0.2) is 0 Å². The quantitative estimate of drug-likeness (QED) is 0.167. The van der Waals surface area contributed by atoms with Gasteiger partial charge in [0.1, 0.15) is 0 Å². The van der Waals surface area contributed by atoms with E-state index in [1.54, 1.807) is 0 Å². The molecule has 0 aliphatic rings. The van der Waals surface area contributed by atoms with Gasteiger partial charge in [-0.25, -0.2) is 0 Å². The minimum Gasteiger partial charge on any atom is -0.310 e. The van der Waals surface area contributed by atoms with Crippen LogP contribution in [0.25, 0.3) is 65.7 Å². The number of benzene rings is 9. The topological polar surface area (TPSA) is 3.24 Å². The third-order valence-corrected chi connectivity index (χ3v) is 9.66. The molecule has 1 heteroatoms. The van der Waals surface area contributed by atoms with Crippen molar-refractivity contribution in [2.45, 2.75) is 0 Å². The molecule has 0 aliphatic carbocycles. The van der Waals surface area contributed by atoms with Crippen molar-refractivity contribution in [3.8, 4) is 33.4 Å². The van der Waals surface area contributed by atoms with Crippen LogP contribution in [0.2, 0.25) is 0 Å². The van der Waals surface area contributed by atoms with Gasteiger partial charge in [0.15, 0.2) is 0 Å². The minimum atomic E-state index is 1.11. The third kappa shape index (κ3) is 5.23. The van der Waals surface area contributed by atoms with Gasteiger partial charge in [-0.15, -0.1) is 0 Å². The highest BCUT2D eigenvalue weighted by atomic mass is 15.1. The smallest absolute Gasteiger partial charge is 0.0540 e. The van der Waals surface area contributed by atoms with Crippen molar-refractivity contribution < 1.29 is 0 Å². The number of hydrogen-bond donors (Lipinski definition) is 0. The zero-order valence-electron chi connectivity index (χ0n) is 27.0. The zero-order chi connectivity index (χ0) is 32.6. The van der Waals surface area contributed by atoms with E-state index in [1.165, 1.54) is 65.7 Å². The zero-order valence-corrected chi connectivity index (χ0v) is 27.0. The summed E-state index contributed by atoms with van der Waals surface area (Å²) >= 11 is 0. The molecule has 230 valence electrons. The van der Waals surface area contributed by atoms with Crippen molar-refractivity contribution in [2.24, 2.45) is 0 Å². The Bertz CT molecular complexity index is 2580. The molecule has 0 fully saturated rings. The van der Waals surface area contributed by atoms with Crippen LogP contribution in [-0.2, 0) is 0 Å². The van der Waals surface area contributed by atoms with Gasteiger partial charge in [0.2, 0.25) is 0 Å². The van der Waals surface area contributed by atoms with Crippen LogP contribution in [0.5, 0.6) is 0 Å². The first-order valence-corrected chi connectivity index (χ1v) is 16.9. The maximum absolute atomic E-state index is 2.38. The molecule has 9 aromatic carbocycles. The molecule has 0 heterocycles. The lowest BCUT2D eigenvalue weighted by molar-refractivity contribution is 1.28. The van der Waals surface area contributed by atoms with Crippen molar-refractivity contribution in [2.75, 3.05) is 4.90 Å². The SMILES string of the molecule is c1ccc(-c2cc(-c3cccc4c3ccc3ccccc34)ccc2N(c2ccccc2)c2ccc(-c3cccc4ccccc34)cc2)cc1. The first kappa shape index (κ1) is 28.8. The van der Waals surface area contributed by atoms with Crippen molar-refractivity contribution in [3.05, 3.63) is 200 Å². The highest BCUT2D eigenvalue weighted by Gasteiger charge is 2.19. The lowest BCUT2D eigenvalue weighted by atomic mass is 9.92. The lowest BCUT2D eigenvalue weighted by Crippen LogP contribution is -2.11. The van der Waals surface area contributed by atoms with E-state index in [0.717, 1.165) is 17.1 Å². The fourth-order valence-corrected chi connectivity index (χ4v) is 7.31. The van der Waals surface area contributed by atoms with Gasteiger partial charge >= 0.3 is 0 Å². The van der Waals surface area contributed by atoms with Crippen LogP contribution < -0.4 is 4.90 Å². The summed E-state index contributed by atoms with van der Waals surface area (Å²) in [5.41, 5.74) is 10.6. The Morgan fingerprint density at radius 3 is 1.57 bits per heavy atom. The third-order valence-electron chi connectivity index (χ3n) is 9.66. The van der Waals surface area contributed by atoms with E-state index in [0.29, 0.717) is 0 Å². The normalized spacial score (nSPS) is 11.3. The molecule has 0 spiro atoms. The number of hydrogen-bond acceptors (Lipinski definition) is 1. The van der Waals surface area contributed by atoms with Gasteiger partial charge in [0, 0.05) is 16.9 Å². The van der Waals surface area contributed by atoms with Gasteiger partial charge < -0.3 is 4.90 Å². The highest BCUT2D eigenvalue weighted by molar-refractivity contribution is 6.12. The summed E-state index contributed by atoms with van der Waals surface area (Å²) in [6, 6.07) is 72.4. The van der Waals surface area contributed by atoms with E-state index in [2.05, 4.69) is 205 Å². The average molecular weight is 624 g/mol. The van der Waals surface area contributed by atoms with Crippen LogP contribution in [0.3, 0.4) is 0 Å². The molecule has 0 saturated carbocycles. The summed E-state index contributed by atoms with van der Waals surface area (Å²) in [4.78, 5) is 2.38. The molecule has 0 bridgehead atoms. The second-order valence-corrected chi connectivity index (χ2v) is 12.5. The van der Waals surface area contributed by atoms with Gasteiger partial charge in [-0.05, 0) is 96.5 Å². The molecule has 0 radical (unpaired) electrons. The van der Waals surface area contributed by atoms with Crippen LogP contribution in [0.1, 0.15) is 0 Å². The van der Waals surface area contributed by atoms with Gasteiger partial charge in [-0.3, -0.25) is 0 Å². The largest absolute Gasteiger partial charge is 0.310 e. The molecule has 0 N–H and O–H groups in total. The number of anilines is 3. The predicted octanol–water partition coefficient (Wildman–Crippen LogP) is 13.6. The van der Waals surface area contributed by atoms with E-state index in [4.69, 9.17) is 0 Å². The number of rotatable bonds is 6. The molecule has 1 nitrogen and oxygen atoms in total. The maximum atomic E-state index is 2.38. The van der Waals surface area contributed by atoms with E-state index < -0.39 is 0 Å². The van der Waals surface area contributed by atoms with Crippen molar-refractivity contribution >= 4 is 49.4 Å².